The van der Waals surface area contributed by atoms with E-state index in [1.165, 1.54) is 18.3 Å². The summed E-state index contributed by atoms with van der Waals surface area (Å²) in [4.78, 5) is 14.7. The molecule has 15 heavy (non-hydrogen) atoms. The molecule has 1 aromatic heterocycles. The van der Waals surface area contributed by atoms with Crippen LogP contribution in [0.15, 0.2) is 18.3 Å². The van der Waals surface area contributed by atoms with Gasteiger partial charge in [0.25, 0.3) is 5.91 Å². The highest BCUT2D eigenvalue weighted by molar-refractivity contribution is 6.33. The van der Waals surface area contributed by atoms with Gasteiger partial charge in [0.1, 0.15) is 12.2 Å². The van der Waals surface area contributed by atoms with Gasteiger partial charge >= 0.3 is 6.18 Å². The van der Waals surface area contributed by atoms with E-state index in [4.69, 9.17) is 11.6 Å². The Morgan fingerprint density at radius 2 is 2.20 bits per heavy atom. The Morgan fingerprint density at radius 1 is 1.53 bits per heavy atom. The Kier molecular flexibility index (Phi) is 3.52. The van der Waals surface area contributed by atoms with E-state index in [9.17, 15) is 18.0 Å². The van der Waals surface area contributed by atoms with Crippen LogP contribution in [0.5, 0.6) is 0 Å². The minimum Gasteiger partial charge on any atom is -0.342 e. The van der Waals surface area contributed by atoms with E-state index in [1.54, 1.807) is 5.32 Å². The quantitative estimate of drug-likeness (QED) is 0.857. The molecule has 1 rings (SSSR count). The van der Waals surface area contributed by atoms with Crippen LogP contribution in [0.25, 0.3) is 0 Å². The maximum Gasteiger partial charge on any atom is 0.405 e. The fraction of sp³-hybridized carbons (Fsp3) is 0.250. The second kappa shape index (κ2) is 4.48. The van der Waals surface area contributed by atoms with Crippen molar-refractivity contribution in [2.75, 3.05) is 6.54 Å². The maximum atomic E-state index is 11.8. The lowest BCUT2D eigenvalue weighted by Gasteiger charge is -2.08. The zero-order chi connectivity index (χ0) is 11.5. The first-order valence-corrected chi connectivity index (χ1v) is 4.23. The molecule has 0 radical (unpaired) electrons. The second-order valence-electron chi connectivity index (χ2n) is 2.63. The van der Waals surface area contributed by atoms with Crippen LogP contribution in [-0.4, -0.2) is 23.6 Å². The van der Waals surface area contributed by atoms with Crippen molar-refractivity contribution in [3.8, 4) is 0 Å². The molecule has 0 aliphatic carbocycles. The van der Waals surface area contributed by atoms with Crippen molar-refractivity contribution < 1.29 is 18.0 Å². The Morgan fingerprint density at radius 3 is 2.73 bits per heavy atom. The molecule has 3 nitrogen and oxygen atoms in total. The third-order valence-corrected chi connectivity index (χ3v) is 1.73. The van der Waals surface area contributed by atoms with Crippen molar-refractivity contribution in [2.24, 2.45) is 0 Å². The highest BCUT2D eigenvalue weighted by Crippen LogP contribution is 2.14. The molecule has 0 spiro atoms. The summed E-state index contributed by atoms with van der Waals surface area (Å²) in [5.74, 6) is -0.946. The van der Waals surface area contributed by atoms with E-state index in [1.807, 2.05) is 0 Å². The number of halogens is 4. The Labute approximate surface area is 88.3 Å². The molecule has 7 heteroatoms. The van der Waals surface area contributed by atoms with Crippen molar-refractivity contribution in [3.05, 3.63) is 29.0 Å². The van der Waals surface area contributed by atoms with Gasteiger partial charge in [0.05, 0.1) is 5.02 Å². The molecule has 1 N–H and O–H groups in total. The lowest BCUT2D eigenvalue weighted by molar-refractivity contribution is -0.123. The summed E-state index contributed by atoms with van der Waals surface area (Å²) in [7, 11) is 0. The van der Waals surface area contributed by atoms with Crippen molar-refractivity contribution in [2.45, 2.75) is 6.18 Å². The van der Waals surface area contributed by atoms with Crippen molar-refractivity contribution in [3.63, 3.8) is 0 Å². The average molecular weight is 239 g/mol. The number of alkyl halides is 3. The number of carbonyl (C=O) groups excluding carboxylic acids is 1. The Balaban J connectivity index is 2.66. The van der Waals surface area contributed by atoms with Gasteiger partial charge in [-0.15, -0.1) is 0 Å². The van der Waals surface area contributed by atoms with Crippen LogP contribution in [0.2, 0.25) is 5.02 Å². The van der Waals surface area contributed by atoms with Gasteiger partial charge in [0.15, 0.2) is 0 Å². The number of nitrogens with one attached hydrogen (secondary N) is 1. The largest absolute Gasteiger partial charge is 0.405 e. The minimum atomic E-state index is -4.45. The molecule has 0 fully saturated rings. The monoisotopic (exact) mass is 238 g/mol. The summed E-state index contributed by atoms with van der Waals surface area (Å²) in [6.45, 7) is -1.40. The Hall–Kier alpha value is -1.30. The normalized spacial score (nSPS) is 11.2. The summed E-state index contributed by atoms with van der Waals surface area (Å²) in [6, 6.07) is 2.85. The first-order valence-electron chi connectivity index (χ1n) is 3.85. The fourth-order valence-electron chi connectivity index (χ4n) is 0.817. The molecule has 0 bridgehead atoms. The molecule has 0 aromatic carbocycles. The number of amides is 1. The summed E-state index contributed by atoms with van der Waals surface area (Å²) >= 11 is 5.56. The van der Waals surface area contributed by atoms with Crippen LogP contribution in [-0.2, 0) is 0 Å². The molecule has 0 aliphatic rings. The maximum absolute atomic E-state index is 11.8. The van der Waals surface area contributed by atoms with Gasteiger partial charge in [-0.2, -0.15) is 13.2 Å². The molecule has 1 heterocycles. The molecular weight excluding hydrogens is 233 g/mol. The first-order chi connectivity index (χ1) is 6.90. The van der Waals surface area contributed by atoms with Gasteiger partial charge in [-0.3, -0.25) is 4.79 Å². The van der Waals surface area contributed by atoms with Crippen molar-refractivity contribution in [1.82, 2.24) is 10.3 Å². The number of hydrogen-bond donors (Lipinski definition) is 1. The smallest absolute Gasteiger partial charge is 0.342 e. The molecular formula is C8H6ClF3N2O. The minimum absolute atomic E-state index is 0.0113. The van der Waals surface area contributed by atoms with E-state index < -0.39 is 18.6 Å². The highest BCUT2D eigenvalue weighted by Gasteiger charge is 2.28. The van der Waals surface area contributed by atoms with Crippen LogP contribution in [0.1, 0.15) is 10.5 Å². The molecule has 0 aliphatic heterocycles. The molecule has 1 aromatic rings. The average Bonchev–Trinajstić information content (AvgIpc) is 2.14. The summed E-state index contributed by atoms with van der Waals surface area (Å²) in [5, 5.41) is 1.68. The van der Waals surface area contributed by atoms with Gasteiger partial charge in [0, 0.05) is 6.20 Å². The molecule has 1 amide bonds. The van der Waals surface area contributed by atoms with Crippen LogP contribution < -0.4 is 5.32 Å². The second-order valence-corrected chi connectivity index (χ2v) is 3.04. The van der Waals surface area contributed by atoms with E-state index in [0.717, 1.165) is 0 Å². The molecule has 0 atom stereocenters. The zero-order valence-electron chi connectivity index (χ0n) is 7.31. The number of nitrogens with zero attached hydrogens (tertiary/aromatic N) is 1. The molecule has 0 saturated heterocycles. The highest BCUT2D eigenvalue weighted by atomic mass is 35.5. The van der Waals surface area contributed by atoms with E-state index in [2.05, 4.69) is 4.98 Å². The zero-order valence-corrected chi connectivity index (χ0v) is 8.06. The third kappa shape index (κ3) is 3.75. The van der Waals surface area contributed by atoms with E-state index in [-0.39, 0.29) is 10.7 Å². The van der Waals surface area contributed by atoms with Gasteiger partial charge in [-0.25, -0.2) is 4.98 Å². The fourth-order valence-corrected chi connectivity index (χ4v) is 1.02. The SMILES string of the molecule is O=C(NCC(F)(F)F)c1ncccc1Cl. The standard InChI is InChI=1S/C8H6ClF3N2O/c9-5-2-1-3-13-6(5)7(15)14-4-8(10,11)12/h1-3H,4H2,(H,14,15). The number of carbonyl (C=O) groups is 1. The van der Waals surface area contributed by atoms with Gasteiger partial charge in [0.2, 0.25) is 0 Å². The predicted octanol–water partition coefficient (Wildman–Crippen LogP) is 2.03. The van der Waals surface area contributed by atoms with Crippen molar-refractivity contribution >= 4 is 17.5 Å². The summed E-state index contributed by atoms with van der Waals surface area (Å²) < 4.78 is 35.3. The van der Waals surface area contributed by atoms with Crippen molar-refractivity contribution in [1.29, 1.82) is 0 Å². The number of hydrogen-bond acceptors (Lipinski definition) is 2. The summed E-state index contributed by atoms with van der Waals surface area (Å²) in [6.07, 6.45) is -3.18. The lowest BCUT2D eigenvalue weighted by atomic mass is 10.3. The van der Waals surface area contributed by atoms with Gasteiger partial charge in [-0.1, -0.05) is 11.6 Å². The Bertz CT molecular complexity index is 367. The van der Waals surface area contributed by atoms with Crippen LogP contribution in [0.4, 0.5) is 13.2 Å². The topological polar surface area (TPSA) is 42.0 Å². The van der Waals surface area contributed by atoms with Crippen LogP contribution >= 0.6 is 11.6 Å². The van der Waals surface area contributed by atoms with Gasteiger partial charge in [-0.05, 0) is 12.1 Å². The lowest BCUT2D eigenvalue weighted by Crippen LogP contribution is -2.34. The van der Waals surface area contributed by atoms with Crippen LogP contribution in [0, 0.1) is 0 Å². The summed E-state index contributed by atoms with van der Waals surface area (Å²) in [5.41, 5.74) is -0.219. The van der Waals surface area contributed by atoms with E-state index >= 15 is 0 Å². The third-order valence-electron chi connectivity index (χ3n) is 1.42. The number of pyridine rings is 1. The predicted molar refractivity (Wildman–Crippen MR) is 47.6 cm³/mol. The van der Waals surface area contributed by atoms with E-state index in [0.29, 0.717) is 0 Å². The molecule has 82 valence electrons. The number of rotatable bonds is 2. The number of aromatic nitrogens is 1. The molecule has 0 unspecified atom stereocenters. The molecule has 0 saturated carbocycles. The van der Waals surface area contributed by atoms with Gasteiger partial charge < -0.3 is 5.32 Å². The first kappa shape index (κ1) is 11.8. The van der Waals surface area contributed by atoms with Crippen LogP contribution in [0.3, 0.4) is 0 Å².